The summed E-state index contributed by atoms with van der Waals surface area (Å²) < 4.78 is 0. The highest BCUT2D eigenvalue weighted by Gasteiger charge is 2.07. The van der Waals surface area contributed by atoms with Gasteiger partial charge in [0.2, 0.25) is 0 Å². The van der Waals surface area contributed by atoms with E-state index in [2.05, 4.69) is 38.0 Å². The molecule has 0 saturated heterocycles. The molecule has 0 aliphatic rings. The van der Waals surface area contributed by atoms with E-state index >= 15 is 0 Å². The van der Waals surface area contributed by atoms with E-state index in [0.29, 0.717) is 5.92 Å². The number of hydrogen-bond acceptors (Lipinski definition) is 1. The first-order valence-corrected chi connectivity index (χ1v) is 8.06. The van der Waals surface area contributed by atoms with E-state index in [0.717, 1.165) is 12.8 Å². The first kappa shape index (κ1) is 11.7. The van der Waals surface area contributed by atoms with Crippen LogP contribution in [-0.2, 0) is 0 Å². The monoisotopic (exact) mass is 184 g/mol. The second kappa shape index (κ2) is 5.39. The van der Waals surface area contributed by atoms with Gasteiger partial charge >= 0.3 is 0 Å². The highest BCUT2D eigenvalue weighted by molar-refractivity contribution is 6.83. The van der Waals surface area contributed by atoms with Gasteiger partial charge in [-0.25, -0.2) is 0 Å². The fraction of sp³-hybridized carbons (Fsp3) is 0.800. The Kier molecular flexibility index (Phi) is 5.28. The molecule has 1 N–H and O–H groups in total. The molecule has 0 fully saturated rings. The van der Waals surface area contributed by atoms with Crippen LogP contribution in [0.2, 0.25) is 19.6 Å². The van der Waals surface area contributed by atoms with E-state index in [1.165, 1.54) is 0 Å². The SMILES string of the molecule is C[C@@H](CC#C[Si](C)(C)C)CCO. The van der Waals surface area contributed by atoms with E-state index in [4.69, 9.17) is 5.11 Å². The lowest BCUT2D eigenvalue weighted by Gasteiger charge is -2.06. The van der Waals surface area contributed by atoms with E-state index in [9.17, 15) is 0 Å². The third-order valence-electron chi connectivity index (χ3n) is 1.54. The smallest absolute Gasteiger partial charge is 0.129 e. The maximum Gasteiger partial charge on any atom is 0.129 e. The third-order valence-corrected chi connectivity index (χ3v) is 2.46. The summed E-state index contributed by atoms with van der Waals surface area (Å²) >= 11 is 0. The molecule has 0 aliphatic carbocycles. The number of hydrogen-bond donors (Lipinski definition) is 1. The molecule has 70 valence electrons. The van der Waals surface area contributed by atoms with Crippen LogP contribution in [0.5, 0.6) is 0 Å². The molecule has 0 amide bonds. The van der Waals surface area contributed by atoms with Gasteiger partial charge in [-0.2, -0.15) is 0 Å². The second-order valence-corrected chi connectivity index (χ2v) is 9.12. The van der Waals surface area contributed by atoms with Crippen LogP contribution in [0.3, 0.4) is 0 Å². The van der Waals surface area contributed by atoms with Crippen molar-refractivity contribution in [2.24, 2.45) is 5.92 Å². The molecule has 0 bridgehead atoms. The molecule has 0 unspecified atom stereocenters. The van der Waals surface area contributed by atoms with Gasteiger partial charge < -0.3 is 5.11 Å². The highest BCUT2D eigenvalue weighted by atomic mass is 28.3. The Bertz CT molecular complexity index is 171. The lowest BCUT2D eigenvalue weighted by Crippen LogP contribution is -2.16. The fourth-order valence-electron chi connectivity index (χ4n) is 0.813. The normalized spacial score (nSPS) is 13.4. The molecule has 0 aromatic carbocycles. The molecule has 2 heteroatoms. The molecule has 0 saturated carbocycles. The topological polar surface area (TPSA) is 20.2 Å². The van der Waals surface area contributed by atoms with Gasteiger partial charge in [0.1, 0.15) is 8.07 Å². The summed E-state index contributed by atoms with van der Waals surface area (Å²) in [5.74, 6) is 3.75. The summed E-state index contributed by atoms with van der Waals surface area (Å²) in [7, 11) is -1.17. The zero-order chi connectivity index (χ0) is 9.61. The van der Waals surface area contributed by atoms with Gasteiger partial charge in [0.25, 0.3) is 0 Å². The van der Waals surface area contributed by atoms with Crippen LogP contribution < -0.4 is 0 Å². The van der Waals surface area contributed by atoms with Gasteiger partial charge in [-0.05, 0) is 12.3 Å². The van der Waals surface area contributed by atoms with Crippen molar-refractivity contribution in [2.75, 3.05) is 6.61 Å². The molecule has 0 heterocycles. The standard InChI is InChI=1S/C10H20OSi/c1-10(7-8-11)6-5-9-12(2,3)4/h10-11H,6-8H2,1-4H3/t10-/m0/s1. The van der Waals surface area contributed by atoms with Crippen molar-refractivity contribution in [3.05, 3.63) is 0 Å². The molecular formula is C10H20OSi. The van der Waals surface area contributed by atoms with Gasteiger partial charge in [-0.3, -0.25) is 0 Å². The van der Waals surface area contributed by atoms with E-state index in [1.54, 1.807) is 0 Å². The van der Waals surface area contributed by atoms with Crippen molar-refractivity contribution in [3.63, 3.8) is 0 Å². The molecular weight excluding hydrogens is 164 g/mol. The van der Waals surface area contributed by atoms with Gasteiger partial charge in [0, 0.05) is 13.0 Å². The average molecular weight is 184 g/mol. The number of aliphatic hydroxyl groups is 1. The largest absolute Gasteiger partial charge is 0.396 e. The van der Waals surface area contributed by atoms with E-state index in [-0.39, 0.29) is 6.61 Å². The molecule has 0 aromatic rings. The summed E-state index contributed by atoms with van der Waals surface area (Å²) in [6.45, 7) is 9.16. The molecule has 1 atom stereocenters. The van der Waals surface area contributed by atoms with Gasteiger partial charge in [-0.15, -0.1) is 11.5 Å². The Balaban J connectivity index is 3.71. The summed E-state index contributed by atoms with van der Waals surface area (Å²) in [5.41, 5.74) is 3.32. The summed E-state index contributed by atoms with van der Waals surface area (Å²) in [6.07, 6.45) is 1.81. The predicted molar refractivity (Wildman–Crippen MR) is 56.6 cm³/mol. The van der Waals surface area contributed by atoms with Crippen LogP contribution in [0.15, 0.2) is 0 Å². The minimum atomic E-state index is -1.17. The van der Waals surface area contributed by atoms with Crippen LogP contribution in [0, 0.1) is 17.4 Å². The molecule has 0 rings (SSSR count). The third kappa shape index (κ3) is 7.84. The van der Waals surface area contributed by atoms with Gasteiger partial charge in [-0.1, -0.05) is 26.6 Å². The summed E-state index contributed by atoms with van der Waals surface area (Å²) in [6, 6.07) is 0. The first-order chi connectivity index (χ1) is 5.45. The molecule has 1 nitrogen and oxygen atoms in total. The van der Waals surface area contributed by atoms with Crippen molar-refractivity contribution in [1.82, 2.24) is 0 Å². The van der Waals surface area contributed by atoms with Crippen LogP contribution in [0.4, 0.5) is 0 Å². The maximum atomic E-state index is 8.66. The highest BCUT2D eigenvalue weighted by Crippen LogP contribution is 2.05. The fourth-order valence-corrected chi connectivity index (χ4v) is 1.45. The first-order valence-electron chi connectivity index (χ1n) is 4.56. The van der Waals surface area contributed by atoms with Gasteiger partial charge in [0.05, 0.1) is 0 Å². The zero-order valence-corrected chi connectivity index (χ0v) is 9.65. The summed E-state index contributed by atoms with van der Waals surface area (Å²) in [5, 5.41) is 8.66. The quantitative estimate of drug-likeness (QED) is 0.527. The maximum absolute atomic E-state index is 8.66. The Hall–Kier alpha value is -0.263. The van der Waals surface area contributed by atoms with E-state index in [1.807, 2.05) is 0 Å². The minimum Gasteiger partial charge on any atom is -0.396 e. The van der Waals surface area contributed by atoms with Crippen molar-refractivity contribution < 1.29 is 5.11 Å². The number of aliphatic hydroxyl groups excluding tert-OH is 1. The molecule has 0 aromatic heterocycles. The van der Waals surface area contributed by atoms with Crippen molar-refractivity contribution in [2.45, 2.75) is 39.4 Å². The van der Waals surface area contributed by atoms with Crippen LogP contribution >= 0.6 is 0 Å². The minimum absolute atomic E-state index is 0.287. The predicted octanol–water partition coefficient (Wildman–Crippen LogP) is 2.28. The summed E-state index contributed by atoms with van der Waals surface area (Å²) in [4.78, 5) is 0. The second-order valence-electron chi connectivity index (χ2n) is 4.37. The Morgan fingerprint density at radius 1 is 1.33 bits per heavy atom. The van der Waals surface area contributed by atoms with Crippen LogP contribution in [0.1, 0.15) is 19.8 Å². The molecule has 12 heavy (non-hydrogen) atoms. The molecule has 0 spiro atoms. The number of rotatable bonds is 3. The lowest BCUT2D eigenvalue weighted by molar-refractivity contribution is 0.264. The van der Waals surface area contributed by atoms with E-state index < -0.39 is 8.07 Å². The molecule has 0 radical (unpaired) electrons. The Morgan fingerprint density at radius 3 is 2.33 bits per heavy atom. The Labute approximate surface area is 77.2 Å². The lowest BCUT2D eigenvalue weighted by atomic mass is 10.1. The molecule has 0 aliphatic heterocycles. The Morgan fingerprint density at radius 2 is 1.92 bits per heavy atom. The van der Waals surface area contributed by atoms with Crippen LogP contribution in [0.25, 0.3) is 0 Å². The zero-order valence-electron chi connectivity index (χ0n) is 8.65. The van der Waals surface area contributed by atoms with Crippen molar-refractivity contribution >= 4 is 8.07 Å². The van der Waals surface area contributed by atoms with Crippen molar-refractivity contribution in [3.8, 4) is 11.5 Å². The van der Waals surface area contributed by atoms with Crippen molar-refractivity contribution in [1.29, 1.82) is 0 Å². The van der Waals surface area contributed by atoms with Gasteiger partial charge in [0.15, 0.2) is 0 Å². The average Bonchev–Trinajstić information content (AvgIpc) is 1.84. The van der Waals surface area contributed by atoms with Crippen LogP contribution in [-0.4, -0.2) is 19.8 Å².